The molecule has 2 aromatic rings. The minimum Gasteiger partial charge on any atom is -0.336 e. The monoisotopic (exact) mass is 361 g/mol. The first-order valence-electron chi connectivity index (χ1n) is 7.51. The predicted octanol–water partition coefficient (Wildman–Crippen LogP) is 2.93. The van der Waals surface area contributed by atoms with Crippen LogP contribution in [0.2, 0.25) is 5.02 Å². The molecule has 0 saturated carbocycles. The van der Waals surface area contributed by atoms with Crippen molar-refractivity contribution in [3.63, 3.8) is 0 Å². The lowest BCUT2D eigenvalue weighted by atomic mass is 10.2. The van der Waals surface area contributed by atoms with Gasteiger partial charge in [-0.2, -0.15) is 0 Å². The summed E-state index contributed by atoms with van der Waals surface area (Å²) in [5.74, 6) is -0.207. The number of thiazole rings is 1. The van der Waals surface area contributed by atoms with Gasteiger partial charge in [0.15, 0.2) is 5.01 Å². The second-order valence-corrected chi connectivity index (χ2v) is 6.60. The molecule has 3 rings (SSSR count). The number of carbonyl (C=O) groups excluding carboxylic acids is 2. The molecule has 1 fully saturated rings. The van der Waals surface area contributed by atoms with Crippen molar-refractivity contribution in [1.82, 2.24) is 14.8 Å². The third kappa shape index (κ3) is 3.34. The van der Waals surface area contributed by atoms with Crippen molar-refractivity contribution in [2.45, 2.75) is 0 Å². The van der Waals surface area contributed by atoms with Crippen molar-refractivity contribution in [3.8, 4) is 11.3 Å². The number of hydrogen-bond donors (Lipinski definition) is 0. The van der Waals surface area contributed by atoms with Gasteiger partial charge >= 0.3 is 0 Å². The highest BCUT2D eigenvalue weighted by atomic mass is 35.5. The zero-order chi connectivity index (χ0) is 17.1. The van der Waals surface area contributed by atoms with Gasteiger partial charge in [-0.25, -0.2) is 4.98 Å². The maximum atomic E-state index is 12.6. The molecule has 0 atom stereocenters. The minimum absolute atomic E-state index is 0.0997. The Morgan fingerprint density at radius 1 is 1.17 bits per heavy atom. The van der Waals surface area contributed by atoms with E-state index in [9.17, 15) is 9.59 Å². The topological polar surface area (TPSA) is 53.5 Å². The van der Waals surface area contributed by atoms with Gasteiger partial charge in [0.2, 0.25) is 5.91 Å². The van der Waals surface area contributed by atoms with Crippen molar-refractivity contribution in [1.29, 1.82) is 0 Å². The van der Waals surface area contributed by atoms with Gasteiger partial charge in [0.1, 0.15) is 0 Å². The van der Waals surface area contributed by atoms with Gasteiger partial charge in [-0.05, 0) is 12.1 Å². The summed E-state index contributed by atoms with van der Waals surface area (Å²) >= 11 is 7.49. The summed E-state index contributed by atoms with van der Waals surface area (Å²) in [7, 11) is 0. The number of aromatic nitrogens is 1. The van der Waals surface area contributed by atoms with Crippen LogP contribution in [0.15, 0.2) is 42.3 Å². The molecule has 2 heterocycles. The largest absolute Gasteiger partial charge is 0.336 e. The van der Waals surface area contributed by atoms with Crippen LogP contribution in [0.25, 0.3) is 11.3 Å². The molecular formula is C17H16ClN3O2S. The fourth-order valence-electron chi connectivity index (χ4n) is 2.56. The van der Waals surface area contributed by atoms with E-state index in [-0.39, 0.29) is 11.8 Å². The summed E-state index contributed by atoms with van der Waals surface area (Å²) in [6.45, 7) is 5.51. The smallest absolute Gasteiger partial charge is 0.282 e. The predicted molar refractivity (Wildman–Crippen MR) is 95.2 cm³/mol. The molecule has 0 spiro atoms. The SMILES string of the molecule is C=CC(=O)N1CCN(C(=O)c2nc(-c3ccccc3Cl)cs2)CC1. The van der Waals surface area contributed by atoms with Crippen LogP contribution in [0.1, 0.15) is 9.80 Å². The molecule has 1 saturated heterocycles. The number of benzene rings is 1. The molecule has 0 unspecified atom stereocenters. The molecule has 2 amide bonds. The Labute approximate surface area is 149 Å². The number of rotatable bonds is 3. The van der Waals surface area contributed by atoms with Crippen LogP contribution < -0.4 is 0 Å². The van der Waals surface area contributed by atoms with Gasteiger partial charge in [-0.15, -0.1) is 11.3 Å². The van der Waals surface area contributed by atoms with Crippen molar-refractivity contribution < 1.29 is 9.59 Å². The third-order valence-electron chi connectivity index (χ3n) is 3.89. The molecular weight excluding hydrogens is 346 g/mol. The van der Waals surface area contributed by atoms with E-state index in [1.54, 1.807) is 15.9 Å². The molecule has 0 bridgehead atoms. The quantitative estimate of drug-likeness (QED) is 0.790. The normalized spacial score (nSPS) is 14.5. The van der Waals surface area contributed by atoms with E-state index in [4.69, 9.17) is 11.6 Å². The lowest BCUT2D eigenvalue weighted by Gasteiger charge is -2.33. The van der Waals surface area contributed by atoms with Gasteiger partial charge in [0.05, 0.1) is 5.69 Å². The zero-order valence-electron chi connectivity index (χ0n) is 12.9. The number of carbonyl (C=O) groups is 2. The van der Waals surface area contributed by atoms with Crippen LogP contribution in [0.4, 0.5) is 0 Å². The van der Waals surface area contributed by atoms with Crippen LogP contribution in [-0.2, 0) is 4.79 Å². The second-order valence-electron chi connectivity index (χ2n) is 5.34. The van der Waals surface area contributed by atoms with Crippen LogP contribution in [-0.4, -0.2) is 52.8 Å². The average molecular weight is 362 g/mol. The maximum absolute atomic E-state index is 12.6. The highest BCUT2D eigenvalue weighted by Crippen LogP contribution is 2.29. The molecule has 1 aromatic carbocycles. The van der Waals surface area contributed by atoms with E-state index in [1.807, 2.05) is 23.6 Å². The van der Waals surface area contributed by atoms with Crippen LogP contribution >= 0.6 is 22.9 Å². The number of halogens is 1. The van der Waals surface area contributed by atoms with Gasteiger partial charge in [0, 0.05) is 42.1 Å². The number of amides is 2. The Bertz CT molecular complexity index is 782. The summed E-state index contributed by atoms with van der Waals surface area (Å²) in [6, 6.07) is 7.42. The Morgan fingerprint density at radius 2 is 1.83 bits per heavy atom. The third-order valence-corrected chi connectivity index (χ3v) is 5.05. The highest BCUT2D eigenvalue weighted by molar-refractivity contribution is 7.12. The molecule has 0 aliphatic carbocycles. The molecule has 0 N–H and O–H groups in total. The Hall–Kier alpha value is -2.18. The maximum Gasteiger partial charge on any atom is 0.282 e. The molecule has 1 aliphatic rings. The van der Waals surface area contributed by atoms with E-state index in [0.717, 1.165) is 5.56 Å². The first-order chi connectivity index (χ1) is 11.6. The molecule has 1 aliphatic heterocycles. The Balaban J connectivity index is 1.70. The molecule has 0 radical (unpaired) electrons. The fraction of sp³-hybridized carbons (Fsp3) is 0.235. The van der Waals surface area contributed by atoms with E-state index >= 15 is 0 Å². The van der Waals surface area contributed by atoms with E-state index in [0.29, 0.717) is 41.9 Å². The summed E-state index contributed by atoms with van der Waals surface area (Å²) < 4.78 is 0. The van der Waals surface area contributed by atoms with Gasteiger partial charge in [-0.3, -0.25) is 9.59 Å². The van der Waals surface area contributed by atoms with Crippen LogP contribution in [0, 0.1) is 0 Å². The van der Waals surface area contributed by atoms with Crippen molar-refractivity contribution in [2.24, 2.45) is 0 Å². The van der Waals surface area contributed by atoms with Crippen LogP contribution in [0.3, 0.4) is 0 Å². The number of nitrogens with zero attached hydrogens (tertiary/aromatic N) is 3. The van der Waals surface area contributed by atoms with E-state index in [2.05, 4.69) is 11.6 Å². The van der Waals surface area contributed by atoms with Crippen LogP contribution in [0.5, 0.6) is 0 Å². The molecule has 124 valence electrons. The lowest BCUT2D eigenvalue weighted by molar-refractivity contribution is -0.127. The van der Waals surface area contributed by atoms with Crippen molar-refractivity contribution in [3.05, 3.63) is 52.3 Å². The summed E-state index contributed by atoms with van der Waals surface area (Å²) in [6.07, 6.45) is 1.30. The fourth-order valence-corrected chi connectivity index (χ4v) is 3.58. The highest BCUT2D eigenvalue weighted by Gasteiger charge is 2.25. The first kappa shape index (κ1) is 16.7. The van der Waals surface area contributed by atoms with Crippen molar-refractivity contribution >= 4 is 34.8 Å². The van der Waals surface area contributed by atoms with Gasteiger partial charge < -0.3 is 9.80 Å². The molecule has 24 heavy (non-hydrogen) atoms. The van der Waals surface area contributed by atoms with Gasteiger partial charge in [0.25, 0.3) is 5.91 Å². The van der Waals surface area contributed by atoms with E-state index in [1.165, 1.54) is 17.4 Å². The Kier molecular flexibility index (Phi) is 4.97. The zero-order valence-corrected chi connectivity index (χ0v) is 14.5. The summed E-state index contributed by atoms with van der Waals surface area (Å²) in [4.78, 5) is 32.0. The average Bonchev–Trinajstić information content (AvgIpc) is 3.11. The molecule has 7 heteroatoms. The lowest BCUT2D eigenvalue weighted by Crippen LogP contribution is -2.50. The minimum atomic E-state index is -0.107. The number of piperazine rings is 1. The van der Waals surface area contributed by atoms with Gasteiger partial charge in [-0.1, -0.05) is 36.4 Å². The number of hydrogen-bond acceptors (Lipinski definition) is 4. The standard InChI is InChI=1S/C17H16ClN3O2S/c1-2-15(22)20-7-9-21(10-8-20)17(23)16-19-14(11-24-16)12-5-3-4-6-13(12)18/h2-6,11H,1,7-10H2. The molecule has 5 nitrogen and oxygen atoms in total. The first-order valence-corrected chi connectivity index (χ1v) is 8.77. The molecule has 1 aromatic heterocycles. The van der Waals surface area contributed by atoms with Crippen molar-refractivity contribution in [2.75, 3.05) is 26.2 Å². The summed E-state index contributed by atoms with van der Waals surface area (Å²) in [5.41, 5.74) is 1.52. The Morgan fingerprint density at radius 3 is 2.50 bits per heavy atom. The summed E-state index contributed by atoms with van der Waals surface area (Å²) in [5, 5.41) is 2.89. The second kappa shape index (κ2) is 7.15. The van der Waals surface area contributed by atoms with E-state index < -0.39 is 0 Å².